The van der Waals surface area contributed by atoms with E-state index in [0.717, 1.165) is 21.9 Å². The third kappa shape index (κ3) is 2.72. The summed E-state index contributed by atoms with van der Waals surface area (Å²) in [6.45, 7) is 2.75. The first kappa shape index (κ1) is 20.2. The van der Waals surface area contributed by atoms with Crippen molar-refractivity contribution >= 4 is 10.8 Å². The molecule has 1 N–H and O–H groups in total. The van der Waals surface area contributed by atoms with Gasteiger partial charge in [-0.1, -0.05) is 12.1 Å². The van der Waals surface area contributed by atoms with E-state index in [4.69, 9.17) is 28.4 Å². The van der Waals surface area contributed by atoms with E-state index in [2.05, 4.69) is 0 Å². The summed E-state index contributed by atoms with van der Waals surface area (Å²) in [6, 6.07) is 5.78. The lowest BCUT2D eigenvalue weighted by molar-refractivity contribution is -0.257. The minimum Gasteiger partial charge on any atom is -0.496 e. The number of aliphatic hydroxyl groups is 1. The normalized spacial score (nSPS) is 27.7. The van der Waals surface area contributed by atoms with Crippen LogP contribution >= 0.6 is 0 Å². The Kier molecular flexibility index (Phi) is 5.33. The smallest absolute Gasteiger partial charge is 0.148 e. The Hall–Kier alpha value is -2.06. The lowest BCUT2D eigenvalue weighted by Crippen LogP contribution is -2.59. The molecule has 7 heteroatoms. The van der Waals surface area contributed by atoms with Crippen molar-refractivity contribution < 1.29 is 33.5 Å². The summed E-state index contributed by atoms with van der Waals surface area (Å²) in [5.74, 6) is 1.97. The van der Waals surface area contributed by atoms with E-state index in [1.165, 1.54) is 0 Å². The van der Waals surface area contributed by atoms with Crippen LogP contribution in [0.5, 0.6) is 17.2 Å². The van der Waals surface area contributed by atoms with Crippen molar-refractivity contribution in [3.05, 3.63) is 29.3 Å². The second-order valence-corrected chi connectivity index (χ2v) is 7.39. The van der Waals surface area contributed by atoms with E-state index in [0.29, 0.717) is 36.9 Å². The van der Waals surface area contributed by atoms with Crippen molar-refractivity contribution in [2.45, 2.75) is 37.3 Å². The zero-order valence-corrected chi connectivity index (χ0v) is 17.5. The van der Waals surface area contributed by atoms with Crippen LogP contribution in [0, 0.1) is 0 Å². The molecule has 1 saturated heterocycles. The number of hydrogen-bond donors (Lipinski definition) is 1. The van der Waals surface area contributed by atoms with Crippen LogP contribution < -0.4 is 14.2 Å². The van der Waals surface area contributed by atoms with Crippen LogP contribution in [0.3, 0.4) is 0 Å². The molecule has 158 valence electrons. The van der Waals surface area contributed by atoms with Gasteiger partial charge in [0.15, 0.2) is 0 Å². The minimum atomic E-state index is -1.07. The van der Waals surface area contributed by atoms with Gasteiger partial charge >= 0.3 is 0 Å². The number of rotatable bonds is 7. The summed E-state index contributed by atoms with van der Waals surface area (Å²) < 4.78 is 35.2. The maximum absolute atomic E-state index is 11.0. The van der Waals surface area contributed by atoms with Crippen molar-refractivity contribution in [1.82, 2.24) is 0 Å². The van der Waals surface area contributed by atoms with Crippen LogP contribution in [-0.2, 0) is 19.8 Å². The SMILES string of the molecule is COCCOc1c2c(c(OC)c3c(OC)cccc13)C1(OC)C(C)OC2C[C@@H]1O. The highest BCUT2D eigenvalue weighted by molar-refractivity contribution is 6.01. The van der Waals surface area contributed by atoms with Crippen LogP contribution in [0.4, 0.5) is 0 Å². The highest BCUT2D eigenvalue weighted by atomic mass is 16.6. The fourth-order valence-corrected chi connectivity index (χ4v) is 4.92. The molecule has 2 heterocycles. The summed E-state index contributed by atoms with van der Waals surface area (Å²) in [4.78, 5) is 0. The van der Waals surface area contributed by atoms with E-state index in [-0.39, 0.29) is 12.2 Å². The van der Waals surface area contributed by atoms with E-state index in [1.807, 2.05) is 25.1 Å². The highest BCUT2D eigenvalue weighted by Crippen LogP contribution is 2.61. The molecule has 0 radical (unpaired) electrons. The molecule has 0 aromatic heterocycles. The van der Waals surface area contributed by atoms with Gasteiger partial charge in [-0.2, -0.15) is 0 Å². The monoisotopic (exact) mass is 404 g/mol. The van der Waals surface area contributed by atoms with Gasteiger partial charge in [0.25, 0.3) is 0 Å². The van der Waals surface area contributed by atoms with E-state index in [9.17, 15) is 5.11 Å². The first-order valence-electron chi connectivity index (χ1n) is 9.76. The summed E-state index contributed by atoms with van der Waals surface area (Å²) in [5.41, 5.74) is 0.572. The van der Waals surface area contributed by atoms with E-state index in [1.54, 1.807) is 28.4 Å². The quantitative estimate of drug-likeness (QED) is 0.711. The predicted octanol–water partition coefficient (Wildman–Crippen LogP) is 2.95. The molecule has 1 fully saturated rings. The first-order chi connectivity index (χ1) is 14.0. The molecule has 29 heavy (non-hydrogen) atoms. The van der Waals surface area contributed by atoms with Gasteiger partial charge in [-0.25, -0.2) is 0 Å². The second kappa shape index (κ2) is 7.65. The van der Waals surface area contributed by atoms with Crippen LogP contribution in [0.1, 0.15) is 30.6 Å². The Bertz CT molecular complexity index is 898. The molecule has 5 rings (SSSR count). The fourth-order valence-electron chi connectivity index (χ4n) is 4.92. The lowest BCUT2D eigenvalue weighted by atomic mass is 9.68. The maximum atomic E-state index is 11.0. The van der Waals surface area contributed by atoms with Gasteiger partial charge in [0.05, 0.1) is 44.5 Å². The van der Waals surface area contributed by atoms with Crippen molar-refractivity contribution in [1.29, 1.82) is 0 Å². The van der Waals surface area contributed by atoms with Crippen molar-refractivity contribution in [2.24, 2.45) is 0 Å². The van der Waals surface area contributed by atoms with Crippen molar-refractivity contribution in [3.63, 3.8) is 0 Å². The Morgan fingerprint density at radius 1 is 1.10 bits per heavy atom. The molecule has 2 aliphatic heterocycles. The summed E-state index contributed by atoms with van der Waals surface area (Å²) >= 11 is 0. The Labute approximate surface area is 170 Å². The molecular formula is C22H28O7. The molecule has 7 nitrogen and oxygen atoms in total. The van der Waals surface area contributed by atoms with Gasteiger partial charge < -0.3 is 33.5 Å². The highest BCUT2D eigenvalue weighted by Gasteiger charge is 2.60. The largest absolute Gasteiger partial charge is 0.496 e. The predicted molar refractivity (Wildman–Crippen MR) is 107 cm³/mol. The number of fused-ring (bicyclic) bond motifs is 3. The van der Waals surface area contributed by atoms with Crippen LogP contribution in [0.2, 0.25) is 0 Å². The molecule has 1 aliphatic carbocycles. The summed E-state index contributed by atoms with van der Waals surface area (Å²) in [5, 5.41) is 12.7. The number of ether oxygens (including phenoxy) is 6. The van der Waals surface area contributed by atoms with Gasteiger partial charge in [-0.3, -0.25) is 0 Å². The molecule has 4 atom stereocenters. The third-order valence-corrected chi connectivity index (χ3v) is 6.15. The number of hydrogen-bond acceptors (Lipinski definition) is 7. The summed E-state index contributed by atoms with van der Waals surface area (Å²) in [6.07, 6.45) is -0.998. The third-order valence-electron chi connectivity index (χ3n) is 6.15. The molecule has 0 amide bonds. The number of benzene rings is 2. The van der Waals surface area contributed by atoms with Crippen molar-refractivity contribution in [2.75, 3.05) is 41.7 Å². The first-order valence-corrected chi connectivity index (χ1v) is 9.76. The molecule has 2 aromatic carbocycles. The molecule has 3 aliphatic rings. The number of aliphatic hydroxyl groups excluding tert-OH is 1. The molecule has 3 unspecified atom stereocenters. The second-order valence-electron chi connectivity index (χ2n) is 7.39. The van der Waals surface area contributed by atoms with E-state index >= 15 is 0 Å². The van der Waals surface area contributed by atoms with Gasteiger partial charge in [-0.15, -0.1) is 0 Å². The number of methoxy groups -OCH3 is 4. The van der Waals surface area contributed by atoms with Gasteiger partial charge in [-0.05, 0) is 13.0 Å². The fraction of sp³-hybridized carbons (Fsp3) is 0.545. The van der Waals surface area contributed by atoms with Gasteiger partial charge in [0.1, 0.15) is 29.5 Å². The van der Waals surface area contributed by atoms with Crippen LogP contribution in [-0.4, -0.2) is 59.0 Å². The zero-order valence-electron chi connectivity index (χ0n) is 17.5. The maximum Gasteiger partial charge on any atom is 0.148 e. The van der Waals surface area contributed by atoms with Crippen molar-refractivity contribution in [3.8, 4) is 17.2 Å². The average Bonchev–Trinajstić information content (AvgIpc) is 2.73. The Morgan fingerprint density at radius 2 is 1.90 bits per heavy atom. The molecular weight excluding hydrogens is 376 g/mol. The van der Waals surface area contributed by atoms with E-state index < -0.39 is 11.7 Å². The minimum absolute atomic E-state index is 0.325. The molecule has 2 aromatic rings. The lowest BCUT2D eigenvalue weighted by Gasteiger charge is -2.54. The Balaban J connectivity index is 2.12. The van der Waals surface area contributed by atoms with Gasteiger partial charge in [0.2, 0.25) is 0 Å². The summed E-state index contributed by atoms with van der Waals surface area (Å²) in [7, 11) is 6.47. The molecule has 0 spiro atoms. The van der Waals surface area contributed by atoms with Crippen LogP contribution in [0.25, 0.3) is 10.8 Å². The average molecular weight is 404 g/mol. The Morgan fingerprint density at radius 3 is 2.52 bits per heavy atom. The topological polar surface area (TPSA) is 75.6 Å². The van der Waals surface area contributed by atoms with Gasteiger partial charge in [0, 0.05) is 37.2 Å². The van der Waals surface area contributed by atoms with Crippen LogP contribution in [0.15, 0.2) is 18.2 Å². The molecule has 0 saturated carbocycles. The zero-order chi connectivity index (χ0) is 20.8. The molecule has 2 bridgehead atoms. The standard InChI is InChI=1S/C22H28O7/c1-12-22(27-5)16(23)11-15(29-12)18-19(22)21(26-4)17-13(7-6-8-14(17)25-3)20(18)28-10-9-24-2/h6-8,12,15-16,23H,9-11H2,1-5H3/t12?,15?,16-,22?/m0/s1.